The van der Waals surface area contributed by atoms with Crippen molar-refractivity contribution < 1.29 is 37.6 Å². The summed E-state index contributed by atoms with van der Waals surface area (Å²) in [6.45, 7) is 3.65. The number of ether oxygens (including phenoxy) is 2. The van der Waals surface area contributed by atoms with Crippen molar-refractivity contribution in [1.82, 2.24) is 0 Å². The van der Waals surface area contributed by atoms with Gasteiger partial charge in [0.2, 0.25) is 0 Å². The zero-order valence-electron chi connectivity index (χ0n) is 57.4. The van der Waals surface area contributed by atoms with Crippen LogP contribution < -0.4 is 5.73 Å². The summed E-state index contributed by atoms with van der Waals surface area (Å²) in [7, 11) is -4.40. The van der Waals surface area contributed by atoms with Crippen molar-refractivity contribution in [3.05, 3.63) is 134 Å². The van der Waals surface area contributed by atoms with Gasteiger partial charge in [-0.25, -0.2) is 4.57 Å². The molecule has 0 rings (SSSR count). The summed E-state index contributed by atoms with van der Waals surface area (Å²) >= 11 is 0. The van der Waals surface area contributed by atoms with Crippen molar-refractivity contribution in [1.29, 1.82) is 0 Å². The molecule has 0 aromatic carbocycles. The van der Waals surface area contributed by atoms with Crippen LogP contribution in [-0.4, -0.2) is 49.3 Å². The quantitative estimate of drug-likeness (QED) is 0.0264. The molecular weight excluding hydrogens is 1120 g/mol. The summed E-state index contributed by atoms with van der Waals surface area (Å²) < 4.78 is 33.2. The lowest BCUT2D eigenvalue weighted by Gasteiger charge is -2.19. The number of phosphoric ester groups is 1. The van der Waals surface area contributed by atoms with Crippen LogP contribution in [0, 0.1) is 0 Å². The van der Waals surface area contributed by atoms with Gasteiger partial charge in [0.15, 0.2) is 6.10 Å². The Hall–Kier alpha value is -3.85. The molecule has 0 fully saturated rings. The van der Waals surface area contributed by atoms with Crippen LogP contribution in [0.15, 0.2) is 134 Å². The fourth-order valence-corrected chi connectivity index (χ4v) is 10.9. The Labute approximate surface area is 548 Å². The van der Waals surface area contributed by atoms with Gasteiger partial charge in [0.1, 0.15) is 6.61 Å². The third-order valence-electron chi connectivity index (χ3n) is 15.5. The Morgan fingerprint density at radius 3 is 0.933 bits per heavy atom. The molecule has 0 amide bonds. The molecule has 0 aliphatic rings. The largest absolute Gasteiger partial charge is 0.472 e. The van der Waals surface area contributed by atoms with E-state index >= 15 is 0 Å². The van der Waals surface area contributed by atoms with Gasteiger partial charge in [-0.3, -0.25) is 18.6 Å². The van der Waals surface area contributed by atoms with Gasteiger partial charge < -0.3 is 20.1 Å². The van der Waals surface area contributed by atoms with Crippen LogP contribution in [0.3, 0.4) is 0 Å². The molecule has 0 saturated heterocycles. The third kappa shape index (κ3) is 73.1. The fourth-order valence-electron chi connectivity index (χ4n) is 10.1. The number of carbonyl (C=O) groups excluding carboxylic acids is 2. The molecule has 0 aliphatic heterocycles. The van der Waals surface area contributed by atoms with E-state index in [1.165, 1.54) is 180 Å². The highest BCUT2D eigenvalue weighted by molar-refractivity contribution is 7.47. The first-order chi connectivity index (χ1) is 43.8. The average molecular weight is 1260 g/mol. The first-order valence-electron chi connectivity index (χ1n) is 36.7. The van der Waals surface area contributed by atoms with Gasteiger partial charge >= 0.3 is 19.8 Å². The molecule has 0 aromatic heterocycles. The smallest absolute Gasteiger partial charge is 0.462 e. The molecule has 0 radical (unpaired) electrons. The number of carbonyl (C=O) groups is 2. The highest BCUT2D eigenvalue weighted by Gasteiger charge is 2.26. The Balaban J connectivity index is 3.93. The van der Waals surface area contributed by atoms with Crippen molar-refractivity contribution >= 4 is 19.8 Å². The molecule has 0 aliphatic carbocycles. The Bertz CT molecular complexity index is 1920. The number of nitrogens with two attached hydrogens (primary N) is 1. The number of rotatable bonds is 68. The summed E-state index contributed by atoms with van der Waals surface area (Å²) in [5.41, 5.74) is 5.40. The molecular formula is C79H136NO8P. The molecule has 0 saturated carbocycles. The van der Waals surface area contributed by atoms with E-state index in [1.54, 1.807) is 0 Å². The second-order valence-corrected chi connectivity index (χ2v) is 25.5. The standard InChI is InChI=1S/C79H136NO8P/c1-3-5-7-9-11-13-15-17-19-21-23-25-27-29-31-33-34-35-36-37-38-39-40-41-42-44-46-48-50-52-54-56-58-60-62-64-66-68-70-72-79(82)88-77(76-87-89(83,84)86-74-73-80)75-85-78(81)71-69-67-65-63-61-59-57-55-53-51-49-47-45-43-32-30-28-26-24-22-20-18-16-14-12-10-8-6-4-2/h5,7,11,13,17,19,22-25,29,31,34-35,37-38,40-41,44,46,50,52,77H,3-4,6,8-10,12,14-16,18,20-21,26-28,30,32-33,36,39,42-43,45,47-49,51,53-76,80H2,1-2H3,(H,83,84)/b7-5-,13-11-,19-17-,24-22-,25-23-,31-29-,35-34-,38-37-,41-40-,46-44-,52-50-. The van der Waals surface area contributed by atoms with Gasteiger partial charge in [0.05, 0.1) is 13.2 Å². The van der Waals surface area contributed by atoms with Crippen LogP contribution in [-0.2, 0) is 32.7 Å². The lowest BCUT2D eigenvalue weighted by atomic mass is 10.0. The van der Waals surface area contributed by atoms with Crippen molar-refractivity contribution in [3.8, 4) is 0 Å². The van der Waals surface area contributed by atoms with Crippen LogP contribution in [0.2, 0.25) is 0 Å². The second-order valence-electron chi connectivity index (χ2n) is 24.1. The van der Waals surface area contributed by atoms with Crippen LogP contribution in [0.5, 0.6) is 0 Å². The minimum atomic E-state index is -4.40. The molecule has 510 valence electrons. The van der Waals surface area contributed by atoms with Gasteiger partial charge in [-0.15, -0.1) is 0 Å². The topological polar surface area (TPSA) is 134 Å². The number of unbranched alkanes of at least 4 members (excludes halogenated alkanes) is 33. The predicted molar refractivity (Wildman–Crippen MR) is 385 cm³/mol. The predicted octanol–water partition coefficient (Wildman–Crippen LogP) is 24.4. The molecule has 89 heavy (non-hydrogen) atoms. The van der Waals surface area contributed by atoms with E-state index in [0.717, 1.165) is 109 Å². The summed E-state index contributed by atoms with van der Waals surface area (Å²) in [6.07, 6.45) is 104. The number of hydrogen-bond acceptors (Lipinski definition) is 8. The van der Waals surface area contributed by atoms with E-state index in [1.807, 2.05) is 0 Å². The van der Waals surface area contributed by atoms with Crippen LogP contribution in [0.25, 0.3) is 0 Å². The summed E-state index contributed by atoms with van der Waals surface area (Å²) in [6, 6.07) is 0. The van der Waals surface area contributed by atoms with E-state index in [0.29, 0.717) is 6.42 Å². The number of hydrogen-bond donors (Lipinski definition) is 2. The SMILES string of the molecule is CC/C=C\C/C=C\C/C=C\C/C=C\C/C=C\C/C=C\C/C=C\C/C=C\C/C=C\C/C=C\CCCCCCCCCCC(=O)OC(COC(=O)CCCCCCCCCCCCCCCCCCC/C=C\CCCCCCCCCC)COP(=O)(O)OCCN. The molecule has 0 spiro atoms. The van der Waals surface area contributed by atoms with E-state index in [2.05, 4.69) is 148 Å². The lowest BCUT2D eigenvalue weighted by molar-refractivity contribution is -0.161. The zero-order valence-corrected chi connectivity index (χ0v) is 58.3. The molecule has 2 atom stereocenters. The number of allylic oxidation sites excluding steroid dienone is 22. The second kappa shape index (κ2) is 73.2. The van der Waals surface area contributed by atoms with E-state index < -0.39 is 26.5 Å². The van der Waals surface area contributed by atoms with Crippen molar-refractivity contribution in [2.24, 2.45) is 5.73 Å². The van der Waals surface area contributed by atoms with E-state index in [-0.39, 0.29) is 38.6 Å². The van der Waals surface area contributed by atoms with Gasteiger partial charge in [0.25, 0.3) is 0 Å². The Morgan fingerprint density at radius 2 is 0.618 bits per heavy atom. The van der Waals surface area contributed by atoms with E-state index in [9.17, 15) is 19.0 Å². The molecule has 2 unspecified atom stereocenters. The highest BCUT2D eigenvalue weighted by Crippen LogP contribution is 2.43. The van der Waals surface area contributed by atoms with Crippen LogP contribution >= 0.6 is 7.82 Å². The summed E-state index contributed by atoms with van der Waals surface area (Å²) in [5, 5.41) is 0. The van der Waals surface area contributed by atoms with Crippen molar-refractivity contribution in [2.75, 3.05) is 26.4 Å². The van der Waals surface area contributed by atoms with Gasteiger partial charge in [-0.1, -0.05) is 327 Å². The maximum atomic E-state index is 12.8. The number of phosphoric acid groups is 1. The molecule has 9 nitrogen and oxygen atoms in total. The minimum absolute atomic E-state index is 0.0472. The van der Waals surface area contributed by atoms with Gasteiger partial charge in [-0.05, 0) is 116 Å². The first kappa shape index (κ1) is 85.2. The van der Waals surface area contributed by atoms with Crippen molar-refractivity contribution in [2.45, 2.75) is 328 Å². The molecule has 0 heterocycles. The van der Waals surface area contributed by atoms with Gasteiger partial charge in [0, 0.05) is 19.4 Å². The zero-order chi connectivity index (χ0) is 64.4. The highest BCUT2D eigenvalue weighted by atomic mass is 31.2. The molecule has 3 N–H and O–H groups in total. The van der Waals surface area contributed by atoms with E-state index in [4.69, 9.17) is 24.3 Å². The maximum Gasteiger partial charge on any atom is 0.472 e. The molecule has 0 bridgehead atoms. The van der Waals surface area contributed by atoms with Crippen LogP contribution in [0.4, 0.5) is 0 Å². The number of esters is 2. The Kier molecular flexibility index (Phi) is 70.0. The van der Waals surface area contributed by atoms with Gasteiger partial charge in [-0.2, -0.15) is 0 Å². The lowest BCUT2D eigenvalue weighted by Crippen LogP contribution is -2.29. The summed E-state index contributed by atoms with van der Waals surface area (Å²) in [5.74, 6) is -0.833. The van der Waals surface area contributed by atoms with Crippen molar-refractivity contribution in [3.63, 3.8) is 0 Å². The maximum absolute atomic E-state index is 12.8. The minimum Gasteiger partial charge on any atom is -0.462 e. The summed E-state index contributed by atoms with van der Waals surface area (Å²) in [4.78, 5) is 35.4. The Morgan fingerprint density at radius 1 is 0.348 bits per heavy atom. The molecule has 0 aromatic rings. The normalized spacial score (nSPS) is 13.7. The molecule has 10 heteroatoms. The van der Waals surface area contributed by atoms with Crippen LogP contribution in [0.1, 0.15) is 322 Å². The first-order valence-corrected chi connectivity index (χ1v) is 38.2. The average Bonchev–Trinajstić information content (AvgIpc) is 3.68. The third-order valence-corrected chi connectivity index (χ3v) is 16.5. The fraction of sp³-hybridized carbons (Fsp3) is 0.696. The monoisotopic (exact) mass is 1260 g/mol.